The predicted octanol–water partition coefficient (Wildman–Crippen LogP) is 4.14. The number of halogens is 3. The molecule has 0 spiro atoms. The number of aliphatic hydroxyl groups is 1. The zero-order valence-corrected chi connectivity index (χ0v) is 28.7. The van der Waals surface area contributed by atoms with Crippen LogP contribution in [0, 0.1) is 11.3 Å². The number of alkyl halides is 3. The monoisotopic (exact) mass is 696 g/mol. The molecule has 2 fully saturated rings. The lowest BCUT2D eigenvalue weighted by molar-refractivity contribution is -0.145. The Morgan fingerprint density at radius 3 is 2.59 bits per heavy atom. The number of nitrogens with zero attached hydrogens (tertiary/aromatic N) is 10. The smallest absolute Gasteiger partial charge is 0.390 e. The summed E-state index contributed by atoms with van der Waals surface area (Å²) in [5, 5.41) is 24.7. The topological polar surface area (TPSA) is 151 Å². The number of hydrogen-bond acceptors (Lipinski definition) is 10. The van der Waals surface area contributed by atoms with Gasteiger partial charge >= 0.3 is 6.18 Å². The van der Waals surface area contributed by atoms with Gasteiger partial charge < -0.3 is 19.3 Å². The van der Waals surface area contributed by atoms with Crippen molar-refractivity contribution in [2.75, 3.05) is 32.8 Å². The number of aromatic nitrogens is 7. The van der Waals surface area contributed by atoms with E-state index in [-0.39, 0.29) is 18.2 Å². The molecule has 260 valence electrons. The van der Waals surface area contributed by atoms with Gasteiger partial charge in [-0.1, -0.05) is 19.6 Å². The predicted molar refractivity (Wildman–Crippen MR) is 175 cm³/mol. The molecule has 1 N–H and O–H groups in total. The summed E-state index contributed by atoms with van der Waals surface area (Å²) in [7, 11) is -1.19. The van der Waals surface area contributed by atoms with Gasteiger partial charge in [0.05, 0.1) is 42.2 Å². The standard InChI is InChI=1S/C32H39F3N10O3Si/c1-49(2,3)13-12-48-21-44-7-4-25-27(37-20-38-28(25)44)22-17-39-45(18-22)31(5-6-36)15-24(16-31)42-8-10-43(11-9-42)29(47)26-14-23(19-46)40-30(41-26)32(33,34)35/h4,7,14,17-18,20,24,46H,5,8-13,15-16,19,21H2,1-3H3/t24-,31-. The second-order valence-electron chi connectivity index (χ2n) is 13.9. The molecule has 0 unspecified atom stereocenters. The lowest BCUT2D eigenvalue weighted by atomic mass is 9.70. The van der Waals surface area contributed by atoms with E-state index in [1.165, 1.54) is 11.2 Å². The molecule has 0 aromatic carbocycles. The zero-order valence-electron chi connectivity index (χ0n) is 27.7. The van der Waals surface area contributed by atoms with Crippen molar-refractivity contribution in [3.8, 4) is 17.3 Å². The maximum absolute atomic E-state index is 13.3. The summed E-state index contributed by atoms with van der Waals surface area (Å²) in [5.74, 6) is -2.09. The molecule has 49 heavy (non-hydrogen) atoms. The highest BCUT2D eigenvalue weighted by atomic mass is 28.3. The zero-order chi connectivity index (χ0) is 35.0. The van der Waals surface area contributed by atoms with Gasteiger partial charge in [0, 0.05) is 70.2 Å². The van der Waals surface area contributed by atoms with Crippen LogP contribution in [0.25, 0.3) is 22.3 Å². The van der Waals surface area contributed by atoms with Crippen LogP contribution in [-0.2, 0) is 29.8 Å². The summed E-state index contributed by atoms with van der Waals surface area (Å²) in [4.78, 5) is 32.6. The summed E-state index contributed by atoms with van der Waals surface area (Å²) in [6, 6.07) is 6.63. The molecular formula is C32H39F3N10O3Si. The average molecular weight is 697 g/mol. The van der Waals surface area contributed by atoms with Crippen LogP contribution in [0.3, 0.4) is 0 Å². The molecule has 0 bridgehead atoms. The van der Waals surface area contributed by atoms with E-state index >= 15 is 0 Å². The Hall–Kier alpha value is -4.24. The minimum atomic E-state index is -4.84. The van der Waals surface area contributed by atoms with Gasteiger partial charge in [-0.15, -0.1) is 0 Å². The third-order valence-electron chi connectivity index (χ3n) is 9.30. The van der Waals surface area contributed by atoms with E-state index in [4.69, 9.17) is 4.74 Å². The Morgan fingerprint density at radius 2 is 1.92 bits per heavy atom. The van der Waals surface area contributed by atoms with Crippen LogP contribution in [0.15, 0.2) is 37.1 Å². The van der Waals surface area contributed by atoms with Crippen LogP contribution in [0.2, 0.25) is 25.7 Å². The number of amides is 1. The van der Waals surface area contributed by atoms with E-state index in [0.29, 0.717) is 52.4 Å². The average Bonchev–Trinajstić information content (AvgIpc) is 3.71. The molecule has 1 amide bonds. The molecule has 0 radical (unpaired) electrons. The van der Waals surface area contributed by atoms with Crippen molar-refractivity contribution < 1.29 is 27.8 Å². The van der Waals surface area contributed by atoms with E-state index in [2.05, 4.69) is 55.6 Å². The van der Waals surface area contributed by atoms with Gasteiger partial charge in [-0.3, -0.25) is 14.4 Å². The molecule has 4 aromatic heterocycles. The first-order chi connectivity index (χ1) is 23.3. The fraction of sp³-hybridized carbons (Fsp3) is 0.531. The second-order valence-corrected chi connectivity index (χ2v) is 19.6. The first-order valence-electron chi connectivity index (χ1n) is 16.2. The Labute approximate surface area is 282 Å². The molecule has 1 saturated heterocycles. The number of carbonyl (C=O) groups is 1. The van der Waals surface area contributed by atoms with Crippen molar-refractivity contribution >= 4 is 25.0 Å². The minimum absolute atomic E-state index is 0.149. The van der Waals surface area contributed by atoms with Crippen LogP contribution < -0.4 is 0 Å². The Kier molecular flexibility index (Phi) is 9.59. The molecule has 4 aromatic rings. The first-order valence-corrected chi connectivity index (χ1v) is 19.9. The van der Waals surface area contributed by atoms with Gasteiger partial charge in [0.25, 0.3) is 5.91 Å². The highest BCUT2D eigenvalue weighted by Gasteiger charge is 2.49. The number of piperazine rings is 1. The maximum Gasteiger partial charge on any atom is 0.451 e. The summed E-state index contributed by atoms with van der Waals surface area (Å²) < 4.78 is 49.6. The number of fused-ring (bicyclic) bond motifs is 1. The molecule has 1 aliphatic carbocycles. The summed E-state index contributed by atoms with van der Waals surface area (Å²) in [5.41, 5.74) is 1.18. The fourth-order valence-corrected chi connectivity index (χ4v) is 7.24. The van der Waals surface area contributed by atoms with Crippen molar-refractivity contribution in [3.05, 3.63) is 54.3 Å². The van der Waals surface area contributed by atoms with Crippen molar-refractivity contribution in [1.29, 1.82) is 5.26 Å². The number of nitriles is 1. The van der Waals surface area contributed by atoms with E-state index in [1.807, 2.05) is 27.7 Å². The Morgan fingerprint density at radius 1 is 1.16 bits per heavy atom. The molecule has 2 aliphatic rings. The van der Waals surface area contributed by atoms with Gasteiger partial charge in [0.15, 0.2) is 0 Å². The van der Waals surface area contributed by atoms with Gasteiger partial charge in [0.1, 0.15) is 24.4 Å². The molecule has 1 saturated carbocycles. The molecule has 6 rings (SSSR count). The van der Waals surface area contributed by atoms with E-state index in [9.17, 15) is 28.3 Å². The van der Waals surface area contributed by atoms with Crippen LogP contribution in [-0.4, -0.2) is 102 Å². The van der Waals surface area contributed by atoms with Crippen molar-refractivity contribution in [1.82, 2.24) is 44.1 Å². The normalized spacial score (nSPS) is 20.4. The van der Waals surface area contributed by atoms with Crippen LogP contribution in [0.1, 0.15) is 41.3 Å². The lowest BCUT2D eigenvalue weighted by Crippen LogP contribution is -2.60. The number of rotatable bonds is 11. The molecular weight excluding hydrogens is 657 g/mol. The third-order valence-corrected chi connectivity index (χ3v) is 11.0. The largest absolute Gasteiger partial charge is 0.451 e. The number of carbonyl (C=O) groups excluding carboxylic acids is 1. The van der Waals surface area contributed by atoms with E-state index in [0.717, 1.165) is 34.4 Å². The number of aliphatic hydroxyl groups excluding tert-OH is 1. The summed E-state index contributed by atoms with van der Waals surface area (Å²) >= 11 is 0. The highest BCUT2D eigenvalue weighted by molar-refractivity contribution is 6.76. The van der Waals surface area contributed by atoms with Crippen LogP contribution in [0.5, 0.6) is 0 Å². The third kappa shape index (κ3) is 7.37. The minimum Gasteiger partial charge on any atom is -0.390 e. The SMILES string of the molecule is C[Si](C)(C)CCOCn1ccc2c(-c3cnn([C@]4(CC#N)C[C@@H](N5CCN(C(=O)c6cc(CO)nc(C(F)(F)F)n6)CC5)C4)c3)ncnc21. The molecule has 13 nitrogen and oxygen atoms in total. The van der Waals surface area contributed by atoms with E-state index < -0.39 is 43.8 Å². The van der Waals surface area contributed by atoms with Gasteiger partial charge in [-0.25, -0.2) is 19.9 Å². The highest BCUT2D eigenvalue weighted by Crippen LogP contribution is 2.45. The molecule has 5 heterocycles. The quantitative estimate of drug-likeness (QED) is 0.179. The lowest BCUT2D eigenvalue weighted by Gasteiger charge is -2.52. The molecule has 17 heteroatoms. The van der Waals surface area contributed by atoms with Gasteiger partial charge in [0.2, 0.25) is 5.82 Å². The number of ether oxygens (including phenoxy) is 1. The van der Waals surface area contributed by atoms with Gasteiger partial charge in [-0.2, -0.15) is 23.5 Å². The Bertz CT molecular complexity index is 1850. The Balaban J connectivity index is 1.09. The summed E-state index contributed by atoms with van der Waals surface area (Å²) in [6.45, 7) is 8.97. The second kappa shape index (κ2) is 13.6. The fourth-order valence-electron chi connectivity index (χ4n) is 6.49. The maximum atomic E-state index is 13.3. The molecule has 0 atom stereocenters. The first kappa shape index (κ1) is 34.6. The van der Waals surface area contributed by atoms with Gasteiger partial charge in [-0.05, 0) is 31.0 Å². The van der Waals surface area contributed by atoms with E-state index in [1.54, 1.807) is 6.20 Å². The summed E-state index contributed by atoms with van der Waals surface area (Å²) in [6.07, 6.45) is 3.97. The van der Waals surface area contributed by atoms with Crippen molar-refractivity contribution in [2.24, 2.45) is 0 Å². The van der Waals surface area contributed by atoms with Crippen LogP contribution >= 0.6 is 0 Å². The van der Waals surface area contributed by atoms with Crippen molar-refractivity contribution in [3.63, 3.8) is 0 Å². The number of hydrogen-bond donors (Lipinski definition) is 1. The molecule has 1 aliphatic heterocycles. The van der Waals surface area contributed by atoms with Crippen LogP contribution in [0.4, 0.5) is 13.2 Å². The van der Waals surface area contributed by atoms with Crippen molar-refractivity contribution in [2.45, 2.75) is 76.0 Å².